The van der Waals surface area contributed by atoms with Gasteiger partial charge < -0.3 is 4.42 Å². The summed E-state index contributed by atoms with van der Waals surface area (Å²) in [4.78, 5) is 15.0. The van der Waals surface area contributed by atoms with Gasteiger partial charge in [0.25, 0.3) is 0 Å². The van der Waals surface area contributed by atoms with Gasteiger partial charge in [0.05, 0.1) is 6.54 Å². The highest BCUT2D eigenvalue weighted by Crippen LogP contribution is 2.39. The molecule has 0 amide bonds. The second-order valence-electron chi connectivity index (χ2n) is 14.4. The van der Waals surface area contributed by atoms with Crippen molar-refractivity contribution in [1.29, 1.82) is 0 Å². The maximum absolute atomic E-state index is 6.57. The van der Waals surface area contributed by atoms with E-state index in [1.165, 1.54) is 27.5 Å². The number of furan rings is 1. The third-order valence-corrected chi connectivity index (χ3v) is 10.9. The summed E-state index contributed by atoms with van der Waals surface area (Å²) in [7, 11) is 0. The molecule has 0 spiro atoms. The van der Waals surface area contributed by atoms with Gasteiger partial charge in [0.1, 0.15) is 11.2 Å². The van der Waals surface area contributed by atoms with Crippen molar-refractivity contribution in [2.24, 2.45) is 15.0 Å². The van der Waals surface area contributed by atoms with Crippen molar-refractivity contribution in [3.8, 4) is 33.4 Å². The molecule has 0 bridgehead atoms. The largest absolute Gasteiger partial charge is 0.456 e. The highest BCUT2D eigenvalue weighted by Gasteiger charge is 2.19. The zero-order chi connectivity index (χ0) is 38.8. The molecule has 0 atom stereocenters. The number of rotatable bonds is 7. The van der Waals surface area contributed by atoms with E-state index in [1.54, 1.807) is 0 Å². The van der Waals surface area contributed by atoms with Crippen LogP contribution in [0.4, 0.5) is 0 Å². The van der Waals surface area contributed by atoms with E-state index in [0.717, 1.165) is 66.1 Å². The van der Waals surface area contributed by atoms with Crippen molar-refractivity contribution in [1.82, 2.24) is 0 Å². The number of hydrogen-bond acceptors (Lipinski definition) is 2. The molecule has 0 N–H and O–H groups in total. The van der Waals surface area contributed by atoms with Gasteiger partial charge in [-0.15, -0.1) is 0 Å². The molecule has 0 aliphatic rings. The molecular weight excluding hydrogens is 707 g/mol. The maximum atomic E-state index is 6.57. The van der Waals surface area contributed by atoms with E-state index in [2.05, 4.69) is 169 Å². The maximum Gasteiger partial charge on any atom is 0.161 e. The molecule has 9 aromatic carbocycles. The number of benzene rings is 9. The predicted octanol–water partition coefficient (Wildman–Crippen LogP) is 14.0. The van der Waals surface area contributed by atoms with Crippen LogP contribution in [0.3, 0.4) is 0 Å². The van der Waals surface area contributed by atoms with Crippen LogP contribution in [0, 0.1) is 0 Å². The third kappa shape index (κ3) is 6.57. The Morgan fingerprint density at radius 3 is 1.86 bits per heavy atom. The van der Waals surface area contributed by atoms with Crippen molar-refractivity contribution in [3.63, 3.8) is 0 Å². The second-order valence-corrected chi connectivity index (χ2v) is 14.4. The van der Waals surface area contributed by atoms with Crippen LogP contribution in [0.15, 0.2) is 220 Å². The lowest BCUT2D eigenvalue weighted by Gasteiger charge is -2.10. The van der Waals surface area contributed by atoms with E-state index < -0.39 is 0 Å². The first-order valence-electron chi connectivity index (χ1n) is 19.5. The summed E-state index contributed by atoms with van der Waals surface area (Å²) < 4.78 is 6.57. The quantitative estimate of drug-likeness (QED) is 0.118. The van der Waals surface area contributed by atoms with Crippen molar-refractivity contribution in [2.45, 2.75) is 6.54 Å². The van der Waals surface area contributed by atoms with E-state index in [9.17, 15) is 0 Å². The first-order chi connectivity index (χ1) is 28.7. The van der Waals surface area contributed by atoms with E-state index in [4.69, 9.17) is 14.4 Å². The van der Waals surface area contributed by atoms with Crippen molar-refractivity contribution < 1.29 is 4.42 Å². The Labute approximate surface area is 336 Å². The van der Waals surface area contributed by atoms with E-state index in [1.807, 2.05) is 42.5 Å². The minimum atomic E-state index is 0.413. The number of hydrogen-bond donors (Lipinski definition) is 0. The van der Waals surface area contributed by atoms with Gasteiger partial charge >= 0.3 is 0 Å². The minimum absolute atomic E-state index is 0.413. The van der Waals surface area contributed by atoms with E-state index in [0.29, 0.717) is 18.2 Å². The predicted molar refractivity (Wildman–Crippen MR) is 244 cm³/mol. The van der Waals surface area contributed by atoms with Gasteiger partial charge in [-0.1, -0.05) is 182 Å². The van der Waals surface area contributed by atoms with Gasteiger partial charge in [-0.2, -0.15) is 0 Å². The number of amidine groups is 2. The number of fused-ring (bicyclic) bond motifs is 5. The molecule has 0 saturated carbocycles. The molecule has 1 aromatic heterocycles. The average molecular weight is 744 g/mol. The smallest absolute Gasteiger partial charge is 0.161 e. The molecule has 4 heteroatoms. The fourth-order valence-corrected chi connectivity index (χ4v) is 8.00. The highest BCUT2D eigenvalue weighted by atomic mass is 16.3. The molecule has 58 heavy (non-hydrogen) atoms. The molecule has 10 rings (SSSR count). The molecule has 10 aromatic rings. The van der Waals surface area contributed by atoms with Crippen LogP contribution in [-0.2, 0) is 6.54 Å². The summed E-state index contributed by atoms with van der Waals surface area (Å²) in [5.74, 6) is 1.05. The lowest BCUT2D eigenvalue weighted by atomic mass is 9.95. The van der Waals surface area contributed by atoms with Gasteiger partial charge in [0.2, 0.25) is 0 Å². The van der Waals surface area contributed by atoms with Crippen molar-refractivity contribution in [3.05, 3.63) is 217 Å². The van der Waals surface area contributed by atoms with Crippen LogP contribution in [-0.4, -0.2) is 18.4 Å². The van der Waals surface area contributed by atoms with Crippen LogP contribution in [0.25, 0.3) is 76.9 Å². The van der Waals surface area contributed by atoms with Crippen LogP contribution in [0.1, 0.15) is 16.7 Å². The zero-order valence-corrected chi connectivity index (χ0v) is 31.7. The summed E-state index contributed by atoms with van der Waals surface area (Å²) >= 11 is 0. The van der Waals surface area contributed by atoms with E-state index in [-0.39, 0.29) is 0 Å². The van der Waals surface area contributed by atoms with Gasteiger partial charge in [-0.25, -0.2) is 9.98 Å². The molecule has 0 radical (unpaired) electrons. The molecular formula is C54H37N3O. The molecule has 0 fully saturated rings. The van der Waals surface area contributed by atoms with Crippen LogP contribution >= 0.6 is 0 Å². The Morgan fingerprint density at radius 1 is 0.448 bits per heavy atom. The summed E-state index contributed by atoms with van der Waals surface area (Å²) in [5, 5.41) is 6.68. The monoisotopic (exact) mass is 743 g/mol. The summed E-state index contributed by atoms with van der Waals surface area (Å²) in [6.07, 6.45) is 0. The first-order valence-corrected chi connectivity index (χ1v) is 19.5. The van der Waals surface area contributed by atoms with Crippen molar-refractivity contribution >= 4 is 61.9 Å². The standard InChI is InChI=1S/C54H37N3O/c1-55-53(44-33-30-38-14-5-6-16-43(38)34-44)57-54(56-35-36-24-26-41(27-25-36)46-19-9-17-40-15-7-8-18-45(40)46)48-21-11-23-50-52(48)51-47(20-10-22-49(51)58-50)42-31-28-39(29-32-42)37-12-3-2-4-13-37/h2-34H,1,35H2/b56-54-,57-53-. The van der Waals surface area contributed by atoms with E-state index >= 15 is 0 Å². The Hall–Kier alpha value is -7.69. The average Bonchev–Trinajstić information content (AvgIpc) is 3.69. The second kappa shape index (κ2) is 15.1. The first kappa shape index (κ1) is 34.8. The molecule has 0 saturated heterocycles. The summed E-state index contributed by atoms with van der Waals surface area (Å²) in [5.41, 5.74) is 11.3. The lowest BCUT2D eigenvalue weighted by Crippen LogP contribution is -2.06. The minimum Gasteiger partial charge on any atom is -0.456 e. The Morgan fingerprint density at radius 2 is 1.05 bits per heavy atom. The summed E-state index contributed by atoms with van der Waals surface area (Å²) in [6, 6.07) is 69.7. The molecule has 1 heterocycles. The number of nitrogens with zero attached hydrogens (tertiary/aromatic N) is 3. The Kier molecular flexibility index (Phi) is 9.05. The highest BCUT2D eigenvalue weighted by molar-refractivity contribution is 6.24. The Bertz CT molecular complexity index is 3190. The molecule has 274 valence electrons. The van der Waals surface area contributed by atoms with Crippen LogP contribution < -0.4 is 0 Å². The third-order valence-electron chi connectivity index (χ3n) is 10.9. The number of aliphatic imine (C=N–C) groups is 3. The SMILES string of the molecule is C=N/C(=N\C(=N/Cc1ccc(-c2cccc3ccccc23)cc1)c1cccc2oc3cccc(-c4ccc(-c5ccccc5)cc4)c3c12)c1ccc2ccccc2c1. The van der Waals surface area contributed by atoms with Gasteiger partial charge in [0.15, 0.2) is 11.7 Å². The zero-order valence-electron chi connectivity index (χ0n) is 31.7. The fourth-order valence-electron chi connectivity index (χ4n) is 8.00. The fraction of sp³-hybridized carbons (Fsp3) is 0.0185. The summed E-state index contributed by atoms with van der Waals surface area (Å²) in [6.45, 7) is 4.39. The Balaban J connectivity index is 1.11. The van der Waals surface area contributed by atoms with Gasteiger partial charge in [-0.05, 0) is 85.4 Å². The van der Waals surface area contributed by atoms with Gasteiger partial charge in [-0.3, -0.25) is 4.99 Å². The lowest BCUT2D eigenvalue weighted by molar-refractivity contribution is 0.669. The molecule has 4 nitrogen and oxygen atoms in total. The van der Waals surface area contributed by atoms with Crippen molar-refractivity contribution in [2.75, 3.05) is 0 Å². The molecule has 0 unspecified atom stereocenters. The normalized spacial score (nSPS) is 12.1. The van der Waals surface area contributed by atoms with Crippen LogP contribution in [0.5, 0.6) is 0 Å². The topological polar surface area (TPSA) is 50.2 Å². The van der Waals surface area contributed by atoms with Gasteiger partial charge in [0, 0.05) is 21.9 Å². The van der Waals surface area contributed by atoms with Crippen LogP contribution in [0.2, 0.25) is 0 Å². The molecule has 0 aliphatic heterocycles. The molecule has 0 aliphatic carbocycles.